The number of amides is 12. The van der Waals surface area contributed by atoms with Crippen LogP contribution >= 0.6 is 11.6 Å². The smallest absolute Gasteiger partial charge is 0.377 e. The molecule has 10 atom stereocenters. The number of rotatable bonds is 11. The highest BCUT2D eigenvalue weighted by Crippen LogP contribution is 2.39. The van der Waals surface area contributed by atoms with Gasteiger partial charge in [0.1, 0.15) is 47.8 Å². The summed E-state index contributed by atoms with van der Waals surface area (Å²) in [6.07, 6.45) is 1.16. The van der Waals surface area contributed by atoms with Crippen molar-refractivity contribution in [1.29, 1.82) is 0 Å². The van der Waals surface area contributed by atoms with Crippen LogP contribution in [0.1, 0.15) is 159 Å². The average Bonchev–Trinajstić information content (AvgIpc) is 1.56. The predicted octanol–water partition coefficient (Wildman–Crippen LogP) is 5.38. The Balaban J connectivity index is 1.19. The highest BCUT2D eigenvalue weighted by atomic mass is 35.5. The van der Waals surface area contributed by atoms with Gasteiger partial charge in [0.05, 0.1) is 61.9 Å². The second-order valence-electron chi connectivity index (χ2n) is 30.4. The number of hydrogen-bond donors (Lipinski definition) is 3. The van der Waals surface area contributed by atoms with Crippen molar-refractivity contribution in [2.24, 2.45) is 17.8 Å². The number of likely N-dealkylation sites (N-methyl/N-ethyl adjacent to an activating group) is 7. The summed E-state index contributed by atoms with van der Waals surface area (Å²) in [4.78, 5) is 192. The molecule has 2 bridgehead atoms. The molecule has 3 N–H and O–H groups in total. The zero-order chi connectivity index (χ0) is 76.4. The minimum absolute atomic E-state index is 0.0182. The summed E-state index contributed by atoms with van der Waals surface area (Å²) in [5.74, 6) is -9.20. The van der Waals surface area contributed by atoms with Crippen LogP contribution in [0.15, 0.2) is 42.5 Å². The van der Waals surface area contributed by atoms with Crippen LogP contribution in [0.25, 0.3) is 0 Å². The molecule has 1 spiro atoms. The van der Waals surface area contributed by atoms with Crippen LogP contribution in [0.5, 0.6) is 0 Å². The number of hydrogen-bond acceptors (Lipinski definition) is 13. The minimum Gasteiger partial charge on any atom is -0.377 e. The molecule has 3 unspecified atom stereocenters. The highest BCUT2D eigenvalue weighted by molar-refractivity contribution is 6.31. The van der Waals surface area contributed by atoms with Crippen LogP contribution in [0.4, 0.5) is 13.2 Å². The van der Waals surface area contributed by atoms with E-state index in [4.69, 9.17) is 16.3 Å². The number of carbonyl (C=O) groups excluding carboxylic acids is 12. The lowest BCUT2D eigenvalue weighted by atomic mass is 9.81. The molecule has 2 aromatic rings. The number of nitrogens with one attached hydrogen (secondary N) is 3. The molecule has 0 radical (unpaired) electrons. The van der Waals surface area contributed by atoms with Gasteiger partial charge < -0.3 is 64.8 Å². The number of nitrogens with zero attached hydrogens (tertiary/aromatic N) is 9. The fourth-order valence-electron chi connectivity index (χ4n) is 15.9. The number of halogens is 4. The molecule has 25 nitrogen and oxygen atoms in total. The maximum atomic E-state index is 16.0. The Labute approximate surface area is 614 Å². The maximum Gasteiger partial charge on any atom is 0.417 e. The van der Waals surface area contributed by atoms with Gasteiger partial charge in [-0.1, -0.05) is 114 Å². The fourth-order valence-corrected chi connectivity index (χ4v) is 16.2. The highest BCUT2D eigenvalue weighted by Gasteiger charge is 2.53. The quantitative estimate of drug-likeness (QED) is 0.255. The lowest BCUT2D eigenvalue weighted by Gasteiger charge is -2.44. The van der Waals surface area contributed by atoms with E-state index < -0.39 is 173 Å². The van der Waals surface area contributed by atoms with Crippen LogP contribution in [0.2, 0.25) is 5.02 Å². The molecule has 104 heavy (non-hydrogen) atoms. The van der Waals surface area contributed by atoms with E-state index in [2.05, 4.69) is 16.0 Å². The molecule has 6 fully saturated rings. The Morgan fingerprint density at radius 3 is 1.86 bits per heavy atom. The lowest BCUT2D eigenvalue weighted by molar-refractivity contribution is -0.159. The van der Waals surface area contributed by atoms with Gasteiger partial charge in [-0.25, -0.2) is 0 Å². The monoisotopic (exact) mass is 1480 g/mol. The Kier molecular flexibility index (Phi) is 27.9. The molecule has 8 rings (SSSR count). The van der Waals surface area contributed by atoms with E-state index >= 15 is 28.8 Å². The van der Waals surface area contributed by atoms with Gasteiger partial charge in [-0.05, 0) is 119 Å². The first-order chi connectivity index (χ1) is 49.1. The third kappa shape index (κ3) is 19.4. The molecular weight excluding hydrogens is 1370 g/mol. The van der Waals surface area contributed by atoms with Gasteiger partial charge in [-0.15, -0.1) is 0 Å². The second-order valence-corrected chi connectivity index (χ2v) is 30.8. The van der Waals surface area contributed by atoms with Gasteiger partial charge in [0.2, 0.25) is 70.9 Å². The summed E-state index contributed by atoms with van der Waals surface area (Å²) in [7, 11) is 9.85. The van der Waals surface area contributed by atoms with Gasteiger partial charge in [0.15, 0.2) is 0 Å². The molecule has 0 aromatic heterocycles. The van der Waals surface area contributed by atoms with E-state index in [-0.39, 0.29) is 88.3 Å². The molecule has 12 amide bonds. The zero-order valence-corrected chi connectivity index (χ0v) is 63.2. The fraction of sp³-hybridized carbons (Fsp3) is 0.680. The van der Waals surface area contributed by atoms with Crippen LogP contribution < -0.4 is 16.0 Å². The molecule has 4 heterocycles. The largest absolute Gasteiger partial charge is 0.417 e. The third-order valence-corrected chi connectivity index (χ3v) is 22.8. The summed E-state index contributed by atoms with van der Waals surface area (Å²) in [5, 5.41) is 8.15. The minimum atomic E-state index is -4.77. The summed E-state index contributed by atoms with van der Waals surface area (Å²) in [6, 6.07) is 0.580. The molecule has 6 aliphatic rings. The Morgan fingerprint density at radius 1 is 0.644 bits per heavy atom. The van der Waals surface area contributed by atoms with E-state index in [1.54, 1.807) is 24.0 Å². The van der Waals surface area contributed by atoms with E-state index in [0.29, 0.717) is 56.9 Å². The van der Waals surface area contributed by atoms with Gasteiger partial charge >= 0.3 is 6.18 Å². The summed E-state index contributed by atoms with van der Waals surface area (Å²) in [5.41, 5.74) is -0.843. The van der Waals surface area contributed by atoms with Gasteiger partial charge in [0, 0.05) is 62.3 Å². The second kappa shape index (κ2) is 35.5. The molecule has 2 saturated carbocycles. The van der Waals surface area contributed by atoms with E-state index in [0.717, 1.165) is 56.6 Å². The van der Waals surface area contributed by atoms with Crippen LogP contribution in [0, 0.1) is 24.7 Å². The van der Waals surface area contributed by atoms with E-state index in [9.17, 15) is 41.9 Å². The number of aryl methyl sites for hydroxylation is 2. The van der Waals surface area contributed by atoms with E-state index in [1.807, 2.05) is 39.8 Å². The number of alkyl halides is 3. The molecule has 2 aliphatic carbocycles. The lowest BCUT2D eigenvalue weighted by Crippen LogP contribution is -2.65. The van der Waals surface area contributed by atoms with Crippen molar-refractivity contribution < 1.29 is 75.4 Å². The van der Waals surface area contributed by atoms with Crippen LogP contribution in [0.3, 0.4) is 0 Å². The van der Waals surface area contributed by atoms with Crippen molar-refractivity contribution in [2.45, 2.75) is 223 Å². The summed E-state index contributed by atoms with van der Waals surface area (Å²) in [6.45, 7) is 7.86. The number of fused-ring (bicyclic) bond motifs is 3. The van der Waals surface area contributed by atoms with Crippen molar-refractivity contribution in [2.75, 3.05) is 88.7 Å². The Hall–Kier alpha value is -7.88. The average molecular weight is 1480 g/mol. The first-order valence-electron chi connectivity index (χ1n) is 36.9. The third-order valence-electron chi connectivity index (χ3n) is 22.4. The first-order valence-corrected chi connectivity index (χ1v) is 37.3. The van der Waals surface area contributed by atoms with Crippen LogP contribution in [-0.2, 0) is 81.3 Å². The molecule has 574 valence electrons. The maximum absolute atomic E-state index is 16.0. The van der Waals surface area contributed by atoms with Crippen molar-refractivity contribution in [3.63, 3.8) is 0 Å². The van der Waals surface area contributed by atoms with Gasteiger partial charge in [0.25, 0.3) is 0 Å². The van der Waals surface area contributed by atoms with Crippen molar-refractivity contribution >= 4 is 82.5 Å². The Morgan fingerprint density at radius 2 is 1.25 bits per heavy atom. The van der Waals surface area contributed by atoms with Gasteiger partial charge in [-0.2, -0.15) is 13.2 Å². The van der Waals surface area contributed by atoms with E-state index in [1.165, 1.54) is 75.0 Å². The normalized spacial score (nSPS) is 27.1. The summed E-state index contributed by atoms with van der Waals surface area (Å²) >= 11 is 6.17. The van der Waals surface area contributed by atoms with Crippen LogP contribution in [-0.4, -0.2) is 264 Å². The molecule has 4 aliphatic heterocycles. The number of morpholine rings is 1. The van der Waals surface area contributed by atoms with Crippen molar-refractivity contribution in [1.82, 2.24) is 60.0 Å². The standard InChI is InChI=1S/C75H108ClF3N12O13/c1-13-47(5)64-71(101)85(8)41-62(94)83(6)42-63(95)87(10)58(38-49-25-23-46(4)24-26-49)69(99)84(7)40-60(92)80-55(32-28-48-27-31-53(54(76)37-48)75(77,78)79)68(98)90-35-19-22-56(90)67(97)82-74(33-17-18-34-74)73(103)89(12)65(50-20-15-14-16-21-50)72(102)88(11)59(70(100)91-51-29-30-52(91)44-104-43-51)39-61(93)86(9)57(36-45(2)3)66(96)81-64/h23-27,31,37,45,47,50-52,55-59,64-65H,13-22,28-30,32-36,38-44H2,1-12H3,(H,80,92)(H,81,96)(H,82,97)/t47-,51?,52?,55-,56?,57-,58-,59-,64-,65-/m0/s1. The molecular formula is C75H108ClF3N12O13. The zero-order valence-electron chi connectivity index (χ0n) is 62.5. The molecule has 29 heteroatoms. The van der Waals surface area contributed by atoms with Crippen molar-refractivity contribution in [3.05, 3.63) is 69.7 Å². The molecule has 4 saturated heterocycles. The van der Waals surface area contributed by atoms with Gasteiger partial charge in [-0.3, -0.25) is 57.5 Å². The SMILES string of the molecule is CC[C@H](C)[C@@H]1NC(=O)[C@H](CC(C)C)N(C)C(=O)C[C@@H](C(=O)N2C3CCC2COC3)N(C)C(=O)[C@H](C2CCCCC2)N(C)C(=O)C2(CCCC2)NC(=O)C2CCCN2C(=O)[C@H](CCc2ccc(C(F)(F)F)c(Cl)c2)NC(=O)CN(C)C(=O)[C@H](Cc2ccc(C)cc2)N(C)C(=O)CN(C)C(=O)CN(C)C1=O. The molecule has 2 aromatic carbocycles. The number of ether oxygens (including phenoxy) is 1. The predicted molar refractivity (Wildman–Crippen MR) is 381 cm³/mol. The summed E-state index contributed by atoms with van der Waals surface area (Å²) < 4.78 is 47.6. The Bertz CT molecular complexity index is 3460. The van der Waals surface area contributed by atoms with Crippen molar-refractivity contribution in [3.8, 4) is 0 Å². The number of benzene rings is 2. The topological polar surface area (TPSA) is 279 Å². The first kappa shape index (κ1) is 81.8. The number of carbonyl (C=O) groups is 12.